The van der Waals surface area contributed by atoms with Crippen LogP contribution in [0, 0.1) is 0 Å². The summed E-state index contributed by atoms with van der Waals surface area (Å²) in [6, 6.07) is 5.61. The van der Waals surface area contributed by atoms with Crippen LogP contribution in [0.1, 0.15) is 25.8 Å². The Kier molecular flexibility index (Phi) is 6.15. The average Bonchev–Trinajstić information content (AvgIpc) is 2.44. The van der Waals surface area contributed by atoms with Gasteiger partial charge in [-0.05, 0) is 19.4 Å². The molecular weight excluding hydrogens is 244 g/mol. The third-order valence-electron chi connectivity index (χ3n) is 2.87. The second kappa shape index (κ2) is 7.63. The van der Waals surface area contributed by atoms with Crippen molar-refractivity contribution in [3.8, 4) is 11.5 Å². The fraction of sp³-hybridized carbons (Fsp3) is 0.500. The molecule has 5 nitrogen and oxygen atoms in total. The van der Waals surface area contributed by atoms with E-state index in [-0.39, 0.29) is 18.6 Å². The minimum Gasteiger partial charge on any atom is -0.493 e. The number of ether oxygens (including phenoxy) is 2. The van der Waals surface area contributed by atoms with Crippen LogP contribution in [0.25, 0.3) is 0 Å². The van der Waals surface area contributed by atoms with Gasteiger partial charge in [0.1, 0.15) is 0 Å². The summed E-state index contributed by atoms with van der Waals surface area (Å²) in [5.74, 6) is 0.967. The van der Waals surface area contributed by atoms with Crippen molar-refractivity contribution < 1.29 is 14.3 Å². The SMILES string of the molecule is CCC(C)NC(=O)COc1c(CN)cccc1OC. The van der Waals surface area contributed by atoms with Crippen molar-refractivity contribution in [1.29, 1.82) is 0 Å². The first kappa shape index (κ1) is 15.3. The van der Waals surface area contributed by atoms with Crippen molar-refractivity contribution in [1.82, 2.24) is 5.32 Å². The third kappa shape index (κ3) is 4.44. The lowest BCUT2D eigenvalue weighted by Gasteiger charge is -2.15. The molecule has 0 saturated carbocycles. The third-order valence-corrected chi connectivity index (χ3v) is 2.87. The molecule has 0 radical (unpaired) electrons. The number of para-hydroxylation sites is 1. The molecular formula is C14H22N2O3. The number of carbonyl (C=O) groups excluding carboxylic acids is 1. The molecule has 0 aliphatic heterocycles. The van der Waals surface area contributed by atoms with E-state index in [9.17, 15) is 4.79 Å². The average molecular weight is 266 g/mol. The van der Waals surface area contributed by atoms with Gasteiger partial charge in [0.25, 0.3) is 5.91 Å². The van der Waals surface area contributed by atoms with Gasteiger partial charge in [0.15, 0.2) is 18.1 Å². The molecule has 1 aromatic carbocycles. The Balaban J connectivity index is 2.68. The zero-order valence-electron chi connectivity index (χ0n) is 11.7. The predicted molar refractivity (Wildman–Crippen MR) is 74.3 cm³/mol. The van der Waals surface area contributed by atoms with Crippen LogP contribution in [0.15, 0.2) is 18.2 Å². The van der Waals surface area contributed by atoms with Gasteiger partial charge in [-0.1, -0.05) is 19.1 Å². The number of carbonyl (C=O) groups is 1. The first-order chi connectivity index (χ1) is 9.12. The largest absolute Gasteiger partial charge is 0.493 e. The quantitative estimate of drug-likeness (QED) is 0.783. The first-order valence-electron chi connectivity index (χ1n) is 6.40. The zero-order valence-corrected chi connectivity index (χ0v) is 11.7. The molecule has 0 heterocycles. The molecule has 0 aromatic heterocycles. The van der Waals surface area contributed by atoms with Crippen LogP contribution in [-0.4, -0.2) is 25.7 Å². The Hall–Kier alpha value is -1.75. The smallest absolute Gasteiger partial charge is 0.258 e. The Bertz CT molecular complexity index is 399. The summed E-state index contributed by atoms with van der Waals surface area (Å²) in [6.45, 7) is 4.25. The van der Waals surface area contributed by atoms with E-state index in [1.807, 2.05) is 26.0 Å². The number of amides is 1. The summed E-state index contributed by atoms with van der Waals surface area (Å²) in [6.07, 6.45) is 0.883. The highest BCUT2D eigenvalue weighted by Crippen LogP contribution is 2.30. The van der Waals surface area contributed by atoms with Gasteiger partial charge in [0.05, 0.1) is 7.11 Å². The molecule has 1 aromatic rings. The number of rotatable bonds is 7. The zero-order chi connectivity index (χ0) is 14.3. The summed E-state index contributed by atoms with van der Waals surface area (Å²) in [4.78, 5) is 11.7. The van der Waals surface area contributed by atoms with E-state index in [1.54, 1.807) is 13.2 Å². The maximum Gasteiger partial charge on any atom is 0.258 e. The molecule has 1 unspecified atom stereocenters. The summed E-state index contributed by atoms with van der Waals surface area (Å²) >= 11 is 0. The Morgan fingerprint density at radius 2 is 2.21 bits per heavy atom. The minimum atomic E-state index is -0.150. The van der Waals surface area contributed by atoms with Crippen molar-refractivity contribution in [2.45, 2.75) is 32.9 Å². The predicted octanol–water partition coefficient (Wildman–Crippen LogP) is 1.45. The van der Waals surface area contributed by atoms with Crippen molar-refractivity contribution in [3.63, 3.8) is 0 Å². The molecule has 1 atom stereocenters. The number of benzene rings is 1. The van der Waals surface area contributed by atoms with Gasteiger partial charge in [0.2, 0.25) is 0 Å². The number of hydrogen-bond donors (Lipinski definition) is 2. The molecule has 0 aliphatic rings. The Morgan fingerprint density at radius 1 is 1.47 bits per heavy atom. The molecule has 1 amide bonds. The van der Waals surface area contributed by atoms with Crippen LogP contribution in [0.5, 0.6) is 11.5 Å². The topological polar surface area (TPSA) is 73.6 Å². The summed E-state index contributed by atoms with van der Waals surface area (Å²) < 4.78 is 10.8. The van der Waals surface area contributed by atoms with E-state index < -0.39 is 0 Å². The standard InChI is InChI=1S/C14H22N2O3/c1-4-10(2)16-13(17)9-19-14-11(8-15)6-5-7-12(14)18-3/h5-7,10H,4,8-9,15H2,1-3H3,(H,16,17). The highest BCUT2D eigenvalue weighted by atomic mass is 16.5. The van der Waals surface area contributed by atoms with E-state index in [4.69, 9.17) is 15.2 Å². The van der Waals surface area contributed by atoms with E-state index in [2.05, 4.69) is 5.32 Å². The van der Waals surface area contributed by atoms with Crippen LogP contribution in [0.3, 0.4) is 0 Å². The maximum absolute atomic E-state index is 11.7. The number of nitrogens with two attached hydrogens (primary N) is 1. The number of hydrogen-bond acceptors (Lipinski definition) is 4. The fourth-order valence-electron chi connectivity index (χ4n) is 1.60. The maximum atomic E-state index is 11.7. The van der Waals surface area contributed by atoms with Gasteiger partial charge in [0, 0.05) is 18.2 Å². The first-order valence-corrected chi connectivity index (χ1v) is 6.40. The number of methoxy groups -OCH3 is 1. The van der Waals surface area contributed by atoms with Crippen LogP contribution in [-0.2, 0) is 11.3 Å². The molecule has 1 rings (SSSR count). The normalized spacial score (nSPS) is 11.8. The van der Waals surface area contributed by atoms with Crippen LogP contribution in [0.4, 0.5) is 0 Å². The van der Waals surface area contributed by atoms with Gasteiger partial charge >= 0.3 is 0 Å². The molecule has 0 spiro atoms. The van der Waals surface area contributed by atoms with Gasteiger partial charge < -0.3 is 20.5 Å². The molecule has 19 heavy (non-hydrogen) atoms. The van der Waals surface area contributed by atoms with Gasteiger partial charge in [-0.2, -0.15) is 0 Å². The number of nitrogens with one attached hydrogen (secondary N) is 1. The van der Waals surface area contributed by atoms with Crippen molar-refractivity contribution >= 4 is 5.91 Å². The Morgan fingerprint density at radius 3 is 2.79 bits per heavy atom. The lowest BCUT2D eigenvalue weighted by atomic mass is 10.2. The molecule has 5 heteroatoms. The molecule has 0 saturated heterocycles. The second-order valence-electron chi connectivity index (χ2n) is 4.32. The molecule has 0 bridgehead atoms. The van der Waals surface area contributed by atoms with Crippen LogP contribution < -0.4 is 20.5 Å². The van der Waals surface area contributed by atoms with Gasteiger partial charge in [-0.25, -0.2) is 0 Å². The second-order valence-corrected chi connectivity index (χ2v) is 4.32. The summed E-state index contributed by atoms with van der Waals surface area (Å²) in [7, 11) is 1.56. The molecule has 0 aliphatic carbocycles. The Labute approximate surface area is 114 Å². The van der Waals surface area contributed by atoms with E-state index in [0.717, 1.165) is 12.0 Å². The summed E-state index contributed by atoms with van der Waals surface area (Å²) in [5.41, 5.74) is 6.46. The highest BCUT2D eigenvalue weighted by molar-refractivity contribution is 5.78. The molecule has 3 N–H and O–H groups in total. The van der Waals surface area contributed by atoms with Crippen LogP contribution in [0.2, 0.25) is 0 Å². The van der Waals surface area contributed by atoms with E-state index in [1.165, 1.54) is 0 Å². The summed E-state index contributed by atoms with van der Waals surface area (Å²) in [5, 5.41) is 2.84. The highest BCUT2D eigenvalue weighted by Gasteiger charge is 2.12. The minimum absolute atomic E-state index is 0.0439. The lowest BCUT2D eigenvalue weighted by molar-refractivity contribution is -0.123. The van der Waals surface area contributed by atoms with Crippen molar-refractivity contribution in [2.75, 3.05) is 13.7 Å². The van der Waals surface area contributed by atoms with E-state index >= 15 is 0 Å². The van der Waals surface area contributed by atoms with Gasteiger partial charge in [-0.3, -0.25) is 4.79 Å². The van der Waals surface area contributed by atoms with E-state index in [0.29, 0.717) is 18.0 Å². The molecule has 106 valence electrons. The van der Waals surface area contributed by atoms with Crippen molar-refractivity contribution in [3.05, 3.63) is 23.8 Å². The van der Waals surface area contributed by atoms with Gasteiger partial charge in [-0.15, -0.1) is 0 Å². The fourth-order valence-corrected chi connectivity index (χ4v) is 1.60. The molecule has 0 fully saturated rings. The monoisotopic (exact) mass is 266 g/mol. The van der Waals surface area contributed by atoms with Crippen LogP contribution >= 0.6 is 0 Å². The lowest BCUT2D eigenvalue weighted by Crippen LogP contribution is -2.35. The van der Waals surface area contributed by atoms with Crippen molar-refractivity contribution in [2.24, 2.45) is 5.73 Å².